The summed E-state index contributed by atoms with van der Waals surface area (Å²) in [5, 5.41) is 2.66. The Morgan fingerprint density at radius 2 is 2.17 bits per heavy atom. The number of rotatable bonds is 6. The second-order valence-electron chi connectivity index (χ2n) is 5.91. The topological polar surface area (TPSA) is 89.9 Å². The lowest BCUT2D eigenvalue weighted by molar-refractivity contribution is -0.139. The van der Waals surface area contributed by atoms with Gasteiger partial charge in [0.05, 0.1) is 24.4 Å². The van der Waals surface area contributed by atoms with E-state index in [2.05, 4.69) is 5.32 Å². The summed E-state index contributed by atoms with van der Waals surface area (Å²) in [6.07, 6.45) is 1.88. The molecule has 1 aromatic heterocycles. The summed E-state index contributed by atoms with van der Waals surface area (Å²) in [4.78, 5) is 37.5. The number of hydrogen-bond acceptors (Lipinski definition) is 5. The number of carbonyl (C=O) groups is 3. The van der Waals surface area contributed by atoms with Gasteiger partial charge in [0.2, 0.25) is 5.91 Å². The summed E-state index contributed by atoms with van der Waals surface area (Å²) in [5.74, 6) is -1.48. The smallest absolute Gasteiger partial charge is 0.294 e. The van der Waals surface area contributed by atoms with Crippen LogP contribution in [0.1, 0.15) is 16.9 Å². The highest BCUT2D eigenvalue weighted by atomic mass is 16.5. The second kappa shape index (κ2) is 8.07. The number of Topliss-reactive ketones (excluding diaryl/α,β-unsaturated/α-hetero) is 1. The van der Waals surface area contributed by atoms with Gasteiger partial charge in [-0.1, -0.05) is 0 Å². The van der Waals surface area contributed by atoms with Crippen molar-refractivity contribution in [3.8, 4) is 0 Å². The molecule has 8 nitrogen and oxygen atoms in total. The van der Waals surface area contributed by atoms with Gasteiger partial charge < -0.3 is 24.3 Å². The molecule has 0 aliphatic carbocycles. The zero-order valence-electron chi connectivity index (χ0n) is 14.2. The van der Waals surface area contributed by atoms with Crippen LogP contribution in [0.3, 0.4) is 0 Å². The molecule has 1 aromatic rings. The van der Waals surface area contributed by atoms with Gasteiger partial charge in [-0.05, 0) is 18.6 Å². The van der Waals surface area contributed by atoms with Gasteiger partial charge >= 0.3 is 0 Å². The third-order valence-electron chi connectivity index (χ3n) is 3.91. The molecule has 0 bridgehead atoms. The number of aromatic nitrogens is 1. The number of ether oxygens (including phenoxy) is 2. The molecule has 24 heavy (non-hydrogen) atoms. The van der Waals surface area contributed by atoms with Crippen LogP contribution in [-0.2, 0) is 26.1 Å². The van der Waals surface area contributed by atoms with Gasteiger partial charge in [0.1, 0.15) is 6.61 Å². The van der Waals surface area contributed by atoms with Crippen molar-refractivity contribution in [2.75, 3.05) is 33.9 Å². The van der Waals surface area contributed by atoms with Crippen molar-refractivity contribution in [1.29, 1.82) is 0 Å². The van der Waals surface area contributed by atoms with E-state index in [0.717, 1.165) is 0 Å². The Morgan fingerprint density at radius 1 is 1.42 bits per heavy atom. The minimum atomic E-state index is -0.708. The van der Waals surface area contributed by atoms with Crippen LogP contribution in [0.4, 0.5) is 0 Å². The first-order valence-electron chi connectivity index (χ1n) is 7.76. The fraction of sp³-hybridized carbons (Fsp3) is 0.562. The molecule has 132 valence electrons. The van der Waals surface area contributed by atoms with E-state index in [4.69, 9.17) is 9.47 Å². The molecule has 1 aliphatic heterocycles. The zero-order chi connectivity index (χ0) is 17.7. The lowest BCUT2D eigenvalue weighted by atomic mass is 10.1. The average molecular weight is 337 g/mol. The summed E-state index contributed by atoms with van der Waals surface area (Å²) in [5.41, 5.74) is 0.310. The van der Waals surface area contributed by atoms with Crippen molar-refractivity contribution in [2.45, 2.75) is 18.6 Å². The molecule has 2 atom stereocenters. The molecule has 0 aromatic carbocycles. The number of hydrogen-bond donors (Lipinski definition) is 1. The zero-order valence-corrected chi connectivity index (χ0v) is 14.2. The maximum Gasteiger partial charge on any atom is 0.294 e. The van der Waals surface area contributed by atoms with E-state index in [-0.39, 0.29) is 25.2 Å². The number of ketones is 1. The van der Waals surface area contributed by atoms with Gasteiger partial charge in [0.15, 0.2) is 0 Å². The molecular weight excluding hydrogens is 314 g/mol. The van der Waals surface area contributed by atoms with E-state index in [1.807, 2.05) is 0 Å². The summed E-state index contributed by atoms with van der Waals surface area (Å²) in [6, 6.07) is 2.82. The van der Waals surface area contributed by atoms with Crippen LogP contribution in [0.15, 0.2) is 18.3 Å². The van der Waals surface area contributed by atoms with E-state index in [9.17, 15) is 14.4 Å². The molecule has 1 N–H and O–H groups in total. The van der Waals surface area contributed by atoms with Crippen LogP contribution >= 0.6 is 0 Å². The fourth-order valence-electron chi connectivity index (χ4n) is 2.41. The molecule has 8 heteroatoms. The summed E-state index contributed by atoms with van der Waals surface area (Å²) in [6.45, 7) is 0.654. The van der Waals surface area contributed by atoms with Gasteiger partial charge in [0, 0.05) is 33.9 Å². The third-order valence-corrected chi connectivity index (χ3v) is 3.91. The molecule has 1 aliphatic rings. The highest BCUT2D eigenvalue weighted by Crippen LogP contribution is 2.13. The van der Waals surface area contributed by atoms with E-state index in [0.29, 0.717) is 18.7 Å². The third kappa shape index (κ3) is 4.42. The number of carbonyl (C=O) groups excluding carboxylic acids is 3. The van der Waals surface area contributed by atoms with Crippen molar-refractivity contribution in [3.05, 3.63) is 24.0 Å². The average Bonchev–Trinajstić information content (AvgIpc) is 2.98. The standard InChI is InChI=1S/C16H23N3O5/c1-18(2)14(20)10-24-13-6-8-23-9-11(13)17-16(22)15(21)12-5-4-7-19(12)3/h4-5,7,11,13H,6,8-10H2,1-3H3,(H,17,22)/t11-,13+/m0/s1. The molecule has 0 saturated carbocycles. The largest absolute Gasteiger partial charge is 0.379 e. The molecule has 1 saturated heterocycles. The molecule has 2 amide bonds. The lowest BCUT2D eigenvalue weighted by Gasteiger charge is -2.32. The minimum absolute atomic E-state index is 0.0736. The summed E-state index contributed by atoms with van der Waals surface area (Å²) >= 11 is 0. The Balaban J connectivity index is 1.95. The first-order valence-corrected chi connectivity index (χ1v) is 7.76. The van der Waals surface area contributed by atoms with Crippen LogP contribution in [0.2, 0.25) is 0 Å². The minimum Gasteiger partial charge on any atom is -0.379 e. The SMILES string of the molecule is CN(C)C(=O)CO[C@@H]1CCOC[C@@H]1NC(=O)C(=O)c1cccn1C. The Labute approximate surface area is 140 Å². The van der Waals surface area contributed by atoms with Crippen LogP contribution in [-0.4, -0.2) is 73.1 Å². The first kappa shape index (κ1) is 18.2. The summed E-state index contributed by atoms with van der Waals surface area (Å²) in [7, 11) is 4.99. The normalized spacial score (nSPS) is 20.5. The van der Waals surface area contributed by atoms with Gasteiger partial charge in [-0.3, -0.25) is 14.4 Å². The molecule has 0 radical (unpaired) electrons. The van der Waals surface area contributed by atoms with Gasteiger partial charge in [-0.2, -0.15) is 0 Å². The highest BCUT2D eigenvalue weighted by molar-refractivity contribution is 6.42. The lowest BCUT2D eigenvalue weighted by Crippen LogP contribution is -2.52. The summed E-state index contributed by atoms with van der Waals surface area (Å²) < 4.78 is 12.6. The molecule has 2 heterocycles. The second-order valence-corrected chi connectivity index (χ2v) is 5.91. The van der Waals surface area contributed by atoms with E-state index in [1.54, 1.807) is 44.0 Å². The number of nitrogens with one attached hydrogen (secondary N) is 1. The number of amides is 2. The van der Waals surface area contributed by atoms with E-state index in [1.165, 1.54) is 4.90 Å². The molecule has 2 rings (SSSR count). The first-order chi connectivity index (χ1) is 11.4. The van der Waals surface area contributed by atoms with Gasteiger partial charge in [-0.25, -0.2) is 0 Å². The van der Waals surface area contributed by atoms with E-state index >= 15 is 0 Å². The Morgan fingerprint density at radius 3 is 2.79 bits per heavy atom. The molecule has 1 fully saturated rings. The monoisotopic (exact) mass is 337 g/mol. The number of aryl methyl sites for hydroxylation is 1. The molecular formula is C16H23N3O5. The Hall–Kier alpha value is -2.19. The van der Waals surface area contributed by atoms with E-state index < -0.39 is 17.7 Å². The van der Waals surface area contributed by atoms with Gasteiger partial charge in [0.25, 0.3) is 11.7 Å². The van der Waals surface area contributed by atoms with Crippen molar-refractivity contribution in [2.24, 2.45) is 7.05 Å². The van der Waals surface area contributed by atoms with Crippen LogP contribution in [0.5, 0.6) is 0 Å². The Kier molecular flexibility index (Phi) is 6.10. The van der Waals surface area contributed by atoms with Crippen molar-refractivity contribution in [1.82, 2.24) is 14.8 Å². The van der Waals surface area contributed by atoms with Crippen molar-refractivity contribution < 1.29 is 23.9 Å². The van der Waals surface area contributed by atoms with Crippen molar-refractivity contribution in [3.63, 3.8) is 0 Å². The predicted octanol–water partition coefficient (Wildman–Crippen LogP) is -0.414. The Bertz CT molecular complexity index is 611. The van der Waals surface area contributed by atoms with Crippen LogP contribution < -0.4 is 5.32 Å². The fourth-order valence-corrected chi connectivity index (χ4v) is 2.41. The molecule has 0 unspecified atom stereocenters. The quantitative estimate of drug-likeness (QED) is 0.563. The van der Waals surface area contributed by atoms with Crippen molar-refractivity contribution >= 4 is 17.6 Å². The maximum absolute atomic E-state index is 12.2. The maximum atomic E-state index is 12.2. The molecule has 0 spiro atoms. The van der Waals surface area contributed by atoms with Crippen LogP contribution in [0, 0.1) is 0 Å². The van der Waals surface area contributed by atoms with Crippen LogP contribution in [0.25, 0.3) is 0 Å². The number of likely N-dealkylation sites (N-methyl/N-ethyl adjacent to an activating group) is 1. The predicted molar refractivity (Wildman–Crippen MR) is 85.5 cm³/mol. The highest BCUT2D eigenvalue weighted by Gasteiger charge is 2.31. The van der Waals surface area contributed by atoms with Gasteiger partial charge in [-0.15, -0.1) is 0 Å². The number of nitrogens with zero attached hydrogens (tertiary/aromatic N) is 2.